The number of hydrogen-bond donors (Lipinski definition) is 1. The third kappa shape index (κ3) is 4.04. The van der Waals surface area contributed by atoms with Crippen molar-refractivity contribution in [3.05, 3.63) is 46.8 Å². The average molecular weight is 605 g/mol. The quantitative estimate of drug-likeness (QED) is 0.350. The second kappa shape index (κ2) is 9.62. The largest absolute Gasteiger partial charge is 0.497 e. The lowest BCUT2D eigenvalue weighted by molar-refractivity contribution is -0.183. The molecule has 44 heavy (non-hydrogen) atoms. The Balaban J connectivity index is 1.46. The van der Waals surface area contributed by atoms with E-state index >= 15 is 4.39 Å². The first-order valence-electron chi connectivity index (χ1n) is 16.4. The van der Waals surface area contributed by atoms with Gasteiger partial charge in [-0.2, -0.15) is 0 Å². The van der Waals surface area contributed by atoms with Gasteiger partial charge in [0.2, 0.25) is 0 Å². The summed E-state index contributed by atoms with van der Waals surface area (Å²) in [6, 6.07) is 4.68. The van der Waals surface area contributed by atoms with Gasteiger partial charge in [0.15, 0.2) is 11.6 Å². The molecule has 0 unspecified atom stereocenters. The highest BCUT2D eigenvalue weighted by atomic mass is 19.1. The fraction of sp³-hybridized carbons (Fsp3) is 0.658. The van der Waals surface area contributed by atoms with Crippen LogP contribution in [0.1, 0.15) is 105 Å². The predicted octanol–water partition coefficient (Wildman–Crippen LogP) is 8.46. The van der Waals surface area contributed by atoms with E-state index in [-0.39, 0.29) is 45.6 Å². The molecule has 5 aliphatic rings. The minimum atomic E-state index is -0.794. The van der Waals surface area contributed by atoms with Gasteiger partial charge in [-0.05, 0) is 122 Å². The molecule has 0 saturated heterocycles. The molecule has 0 aromatic heterocycles. The number of carboxylic acid groups (broad SMARTS) is 1. The number of benzene rings is 1. The van der Waals surface area contributed by atoms with Crippen molar-refractivity contribution in [1.82, 2.24) is 0 Å². The third-order valence-corrected chi connectivity index (χ3v) is 14.2. The fourth-order valence-corrected chi connectivity index (χ4v) is 11.3. The normalized spacial score (nSPS) is 43.7. The molecule has 0 spiro atoms. The maximum Gasteiger partial charge on any atom is 0.309 e. The first-order valence-corrected chi connectivity index (χ1v) is 16.4. The molecule has 4 fully saturated rings. The molecule has 8 atom stereocenters. The SMILES string of the molecule is COc1ccc(/C=C2\C[C@]3(C)[C@H]4C(=O)C=C5[C@@H]6C[C@@](C)(C(=O)O)CC[C@]6(C)CC[C@@]5(C)[C@]4(C)CC[C@H]3C(C)(C)C2=O)c(F)c1. The molecule has 0 heterocycles. The predicted molar refractivity (Wildman–Crippen MR) is 168 cm³/mol. The number of aliphatic carboxylic acids is 1. The van der Waals surface area contributed by atoms with Crippen LogP contribution in [0.5, 0.6) is 5.75 Å². The Bertz CT molecular complexity index is 1520. The Hall–Kier alpha value is -2.76. The number of Topliss-reactive ketones (excluding diaryl/α,β-unsaturated/α-hetero) is 1. The number of carbonyl (C=O) groups excluding carboxylic acids is 2. The Morgan fingerprint density at radius 2 is 1.68 bits per heavy atom. The van der Waals surface area contributed by atoms with Crippen LogP contribution in [0.2, 0.25) is 0 Å². The topological polar surface area (TPSA) is 80.7 Å². The van der Waals surface area contributed by atoms with Gasteiger partial charge in [0.05, 0.1) is 12.5 Å². The average Bonchev–Trinajstić information content (AvgIpc) is 2.94. The minimum Gasteiger partial charge on any atom is -0.497 e. The minimum absolute atomic E-state index is 0.0114. The molecule has 6 heteroatoms. The van der Waals surface area contributed by atoms with Gasteiger partial charge in [-0.15, -0.1) is 0 Å². The van der Waals surface area contributed by atoms with E-state index in [4.69, 9.17) is 4.74 Å². The van der Waals surface area contributed by atoms with Crippen LogP contribution < -0.4 is 4.74 Å². The Morgan fingerprint density at radius 3 is 2.32 bits per heavy atom. The molecule has 5 nitrogen and oxygen atoms in total. The van der Waals surface area contributed by atoms with Crippen LogP contribution in [0.25, 0.3) is 6.08 Å². The number of ether oxygens (including phenoxy) is 1. The zero-order valence-electron chi connectivity index (χ0n) is 27.7. The van der Waals surface area contributed by atoms with Crippen molar-refractivity contribution in [2.45, 2.75) is 99.8 Å². The van der Waals surface area contributed by atoms with Gasteiger partial charge >= 0.3 is 5.97 Å². The molecule has 0 aliphatic heterocycles. The van der Waals surface area contributed by atoms with E-state index in [0.29, 0.717) is 36.1 Å². The van der Waals surface area contributed by atoms with E-state index < -0.39 is 28.0 Å². The van der Waals surface area contributed by atoms with Crippen molar-refractivity contribution >= 4 is 23.6 Å². The fourth-order valence-electron chi connectivity index (χ4n) is 11.3. The zero-order chi connectivity index (χ0) is 32.3. The van der Waals surface area contributed by atoms with Gasteiger partial charge in [0.1, 0.15) is 11.6 Å². The van der Waals surface area contributed by atoms with E-state index in [1.807, 2.05) is 26.8 Å². The van der Waals surface area contributed by atoms with Crippen LogP contribution in [0.15, 0.2) is 35.4 Å². The molecular formula is C38H49FO5. The summed E-state index contributed by atoms with van der Waals surface area (Å²) in [5.41, 5.74) is -0.499. The molecular weight excluding hydrogens is 555 g/mol. The summed E-state index contributed by atoms with van der Waals surface area (Å²) in [7, 11) is 1.49. The van der Waals surface area contributed by atoms with Gasteiger partial charge in [-0.3, -0.25) is 14.4 Å². The molecule has 238 valence electrons. The number of fused-ring (bicyclic) bond motifs is 7. The number of allylic oxidation sites excluding steroid dienone is 3. The van der Waals surface area contributed by atoms with Crippen LogP contribution in [0.4, 0.5) is 4.39 Å². The molecule has 1 N–H and O–H groups in total. The van der Waals surface area contributed by atoms with Crippen LogP contribution in [-0.4, -0.2) is 29.8 Å². The molecule has 1 aromatic rings. The lowest BCUT2D eigenvalue weighted by atomic mass is 9.33. The Kier molecular flexibility index (Phi) is 6.83. The number of carboxylic acids is 1. The number of halogens is 1. The summed E-state index contributed by atoms with van der Waals surface area (Å²) in [5.74, 6) is -0.827. The van der Waals surface area contributed by atoms with Crippen LogP contribution in [-0.2, 0) is 14.4 Å². The highest BCUT2D eigenvalue weighted by molar-refractivity contribution is 6.05. The van der Waals surface area contributed by atoms with E-state index in [0.717, 1.165) is 32.1 Å². The lowest BCUT2D eigenvalue weighted by Gasteiger charge is -2.70. The van der Waals surface area contributed by atoms with E-state index in [1.165, 1.54) is 18.7 Å². The van der Waals surface area contributed by atoms with Gasteiger partial charge in [0, 0.05) is 23.0 Å². The van der Waals surface area contributed by atoms with Crippen LogP contribution in [0.3, 0.4) is 0 Å². The molecule has 5 aliphatic carbocycles. The van der Waals surface area contributed by atoms with Crippen LogP contribution >= 0.6 is 0 Å². The molecule has 0 radical (unpaired) electrons. The summed E-state index contributed by atoms with van der Waals surface area (Å²) in [4.78, 5) is 41.1. The first kappa shape index (κ1) is 31.2. The van der Waals surface area contributed by atoms with Crippen molar-refractivity contribution in [2.75, 3.05) is 7.11 Å². The monoisotopic (exact) mass is 604 g/mol. The number of methoxy groups -OCH3 is 1. The molecule has 4 saturated carbocycles. The Morgan fingerprint density at radius 1 is 1.00 bits per heavy atom. The van der Waals surface area contributed by atoms with E-state index in [2.05, 4.69) is 27.7 Å². The van der Waals surface area contributed by atoms with E-state index in [9.17, 15) is 19.5 Å². The molecule has 1 aromatic carbocycles. The second-order valence-electron chi connectivity index (χ2n) is 16.8. The number of rotatable bonds is 3. The number of carbonyl (C=O) groups is 3. The summed E-state index contributed by atoms with van der Waals surface area (Å²) < 4.78 is 20.3. The van der Waals surface area contributed by atoms with Crippen molar-refractivity contribution in [3.63, 3.8) is 0 Å². The number of ketones is 2. The van der Waals surface area contributed by atoms with E-state index in [1.54, 1.807) is 18.2 Å². The molecule has 0 amide bonds. The van der Waals surface area contributed by atoms with Crippen LogP contribution in [0, 0.1) is 56.1 Å². The van der Waals surface area contributed by atoms with Crippen molar-refractivity contribution < 1.29 is 28.6 Å². The summed E-state index contributed by atoms with van der Waals surface area (Å²) >= 11 is 0. The van der Waals surface area contributed by atoms with Gasteiger partial charge in [0.25, 0.3) is 0 Å². The van der Waals surface area contributed by atoms with Crippen molar-refractivity contribution in [2.24, 2.45) is 50.2 Å². The first-order chi connectivity index (χ1) is 20.4. The van der Waals surface area contributed by atoms with Gasteiger partial charge < -0.3 is 9.84 Å². The van der Waals surface area contributed by atoms with Gasteiger partial charge in [-0.25, -0.2) is 4.39 Å². The maximum absolute atomic E-state index is 15.1. The van der Waals surface area contributed by atoms with Crippen molar-refractivity contribution in [3.8, 4) is 5.75 Å². The highest BCUT2D eigenvalue weighted by Crippen LogP contribution is 2.75. The molecule has 6 rings (SSSR count). The highest BCUT2D eigenvalue weighted by Gasteiger charge is 2.70. The third-order valence-electron chi connectivity index (χ3n) is 14.2. The summed E-state index contributed by atoms with van der Waals surface area (Å²) in [6.07, 6.45) is 9.83. The molecule has 0 bridgehead atoms. The maximum atomic E-state index is 15.1. The number of hydrogen-bond acceptors (Lipinski definition) is 4. The van der Waals surface area contributed by atoms with Crippen molar-refractivity contribution in [1.29, 1.82) is 0 Å². The Labute approximate surface area is 261 Å². The smallest absolute Gasteiger partial charge is 0.309 e. The summed E-state index contributed by atoms with van der Waals surface area (Å²) in [6.45, 7) is 15.1. The van der Waals surface area contributed by atoms with Gasteiger partial charge in [-0.1, -0.05) is 47.1 Å². The standard InChI is InChI=1S/C38H49FO5/c1-33(2)29-11-12-38(7)30(36(29,5)20-23(31(33)41)17-22-9-10-24(44-8)18-27(22)39)28(40)19-25-26-21-35(4,32(42)43)14-13-34(26,3)15-16-37(25,38)6/h9-10,17-19,26,29-30H,11-16,20-21H2,1-8H3,(H,42,43)/b23-17+/t26-,29-,30+,34+,35-,36-,37+,38+/m0/s1. The lowest BCUT2D eigenvalue weighted by Crippen LogP contribution is -2.66. The zero-order valence-corrected chi connectivity index (χ0v) is 27.7. The second-order valence-corrected chi connectivity index (χ2v) is 16.8. The summed E-state index contributed by atoms with van der Waals surface area (Å²) in [5, 5.41) is 10.2.